The number of anilines is 1. The largest absolute Gasteiger partial charge is 0.481 e. The number of halogens is 1. The van der Waals surface area contributed by atoms with E-state index in [0.29, 0.717) is 12.2 Å². The smallest absolute Gasteiger partial charge is 0.308 e. The zero-order valence-corrected chi connectivity index (χ0v) is 10.2. The van der Waals surface area contributed by atoms with Gasteiger partial charge < -0.3 is 10.0 Å². The second-order valence-electron chi connectivity index (χ2n) is 4.75. The van der Waals surface area contributed by atoms with Gasteiger partial charge in [0.15, 0.2) is 0 Å². The molecular formula is C12H13FN2O4. The minimum absolute atomic E-state index is 0.0835. The van der Waals surface area contributed by atoms with Crippen molar-refractivity contribution in [3.05, 3.63) is 34.1 Å². The summed E-state index contributed by atoms with van der Waals surface area (Å²) in [6.07, 6.45) is 0. The Morgan fingerprint density at radius 2 is 2.16 bits per heavy atom. The lowest BCUT2D eigenvalue weighted by Gasteiger charge is -2.17. The Morgan fingerprint density at radius 3 is 2.68 bits per heavy atom. The predicted octanol–water partition coefficient (Wildman–Crippen LogP) is 1.89. The van der Waals surface area contributed by atoms with E-state index in [1.165, 1.54) is 12.1 Å². The Morgan fingerprint density at radius 1 is 1.47 bits per heavy atom. The minimum Gasteiger partial charge on any atom is -0.481 e. The quantitative estimate of drug-likeness (QED) is 0.668. The fourth-order valence-corrected chi connectivity index (χ4v) is 2.35. The number of carboxylic acid groups (broad SMARTS) is 1. The fourth-order valence-electron chi connectivity index (χ4n) is 2.35. The van der Waals surface area contributed by atoms with Crippen LogP contribution in [0.3, 0.4) is 0 Å². The van der Waals surface area contributed by atoms with Crippen LogP contribution in [0.25, 0.3) is 0 Å². The maximum absolute atomic E-state index is 13.3. The van der Waals surface area contributed by atoms with Crippen LogP contribution < -0.4 is 4.90 Å². The summed E-state index contributed by atoms with van der Waals surface area (Å²) in [6, 6.07) is 3.29. The molecule has 0 saturated carbocycles. The molecule has 1 aromatic rings. The average molecular weight is 268 g/mol. The molecule has 0 bridgehead atoms. The van der Waals surface area contributed by atoms with Gasteiger partial charge in [0.2, 0.25) is 0 Å². The highest BCUT2D eigenvalue weighted by molar-refractivity contribution is 5.72. The monoisotopic (exact) mass is 268 g/mol. The van der Waals surface area contributed by atoms with Crippen LogP contribution in [0.15, 0.2) is 18.2 Å². The highest BCUT2D eigenvalue weighted by Gasteiger charge is 2.35. The minimum atomic E-state index is -0.902. The van der Waals surface area contributed by atoms with Gasteiger partial charge in [0.05, 0.1) is 16.9 Å². The third kappa shape index (κ3) is 2.64. The summed E-state index contributed by atoms with van der Waals surface area (Å²) in [5.74, 6) is -2.22. The topological polar surface area (TPSA) is 83.7 Å². The van der Waals surface area contributed by atoms with Gasteiger partial charge in [-0.15, -0.1) is 0 Å². The normalized spacial score (nSPS) is 22.5. The zero-order chi connectivity index (χ0) is 14.2. The molecule has 6 nitrogen and oxygen atoms in total. The first-order valence-electron chi connectivity index (χ1n) is 5.81. The predicted molar refractivity (Wildman–Crippen MR) is 65.6 cm³/mol. The van der Waals surface area contributed by atoms with Crippen LogP contribution >= 0.6 is 0 Å². The van der Waals surface area contributed by atoms with E-state index < -0.39 is 22.6 Å². The number of non-ortho nitro benzene ring substituents is 1. The number of carboxylic acids is 1. The van der Waals surface area contributed by atoms with Crippen molar-refractivity contribution in [1.29, 1.82) is 0 Å². The maximum atomic E-state index is 13.3. The lowest BCUT2D eigenvalue weighted by Crippen LogP contribution is -2.23. The van der Waals surface area contributed by atoms with Gasteiger partial charge in [-0.1, -0.05) is 6.92 Å². The molecule has 1 aliphatic rings. The standard InChI is InChI=1S/C12H13FN2O4/c1-7-5-14(6-11(7)12(16)17)9-2-8(13)3-10(4-9)15(18)19/h2-4,7,11H,5-6H2,1H3,(H,16,17)/t7-,11-/m1/s1. The lowest BCUT2D eigenvalue weighted by molar-refractivity contribution is -0.385. The van der Waals surface area contributed by atoms with Gasteiger partial charge in [-0.3, -0.25) is 14.9 Å². The number of nitrogens with zero attached hydrogens (tertiary/aromatic N) is 2. The molecule has 0 amide bonds. The van der Waals surface area contributed by atoms with Gasteiger partial charge >= 0.3 is 5.97 Å². The van der Waals surface area contributed by atoms with Crippen LogP contribution in [0.4, 0.5) is 15.8 Å². The summed E-state index contributed by atoms with van der Waals surface area (Å²) in [4.78, 5) is 22.7. The van der Waals surface area contributed by atoms with Crippen LogP contribution in [-0.4, -0.2) is 29.1 Å². The van der Waals surface area contributed by atoms with Crippen molar-refractivity contribution in [3.63, 3.8) is 0 Å². The summed E-state index contributed by atoms with van der Waals surface area (Å²) < 4.78 is 13.3. The molecule has 1 heterocycles. The zero-order valence-electron chi connectivity index (χ0n) is 10.2. The molecule has 1 aliphatic heterocycles. The summed E-state index contributed by atoms with van der Waals surface area (Å²) in [7, 11) is 0. The molecule has 2 atom stereocenters. The van der Waals surface area contributed by atoms with Gasteiger partial charge in [-0.05, 0) is 12.0 Å². The Labute approximate surface area is 108 Å². The molecule has 0 spiro atoms. The Hall–Kier alpha value is -2.18. The first-order chi connectivity index (χ1) is 8.88. The Bertz CT molecular complexity index is 534. The van der Waals surface area contributed by atoms with Crippen LogP contribution in [0.2, 0.25) is 0 Å². The van der Waals surface area contributed by atoms with Gasteiger partial charge in [0.1, 0.15) is 5.82 Å². The summed E-state index contributed by atoms with van der Waals surface area (Å²) in [6.45, 7) is 2.47. The van der Waals surface area contributed by atoms with Crippen molar-refractivity contribution in [2.24, 2.45) is 11.8 Å². The van der Waals surface area contributed by atoms with E-state index in [0.717, 1.165) is 6.07 Å². The summed E-state index contributed by atoms with van der Waals surface area (Å²) >= 11 is 0. The molecule has 102 valence electrons. The molecule has 7 heteroatoms. The van der Waals surface area contributed by atoms with Crippen molar-refractivity contribution in [1.82, 2.24) is 0 Å². The first kappa shape index (κ1) is 13.3. The number of rotatable bonds is 3. The van der Waals surface area contributed by atoms with Gasteiger partial charge in [0.25, 0.3) is 5.69 Å². The molecule has 1 saturated heterocycles. The second-order valence-corrected chi connectivity index (χ2v) is 4.75. The number of benzene rings is 1. The van der Waals surface area contributed by atoms with E-state index in [9.17, 15) is 19.3 Å². The third-order valence-corrected chi connectivity index (χ3v) is 3.37. The number of nitro benzene ring substituents is 1. The highest BCUT2D eigenvalue weighted by Crippen LogP contribution is 2.31. The average Bonchev–Trinajstić information content (AvgIpc) is 2.70. The number of nitro groups is 1. The van der Waals surface area contributed by atoms with E-state index in [1.807, 2.05) is 0 Å². The highest BCUT2D eigenvalue weighted by atomic mass is 19.1. The van der Waals surface area contributed by atoms with Gasteiger partial charge in [0, 0.05) is 24.8 Å². The molecular weight excluding hydrogens is 255 g/mol. The molecule has 0 radical (unpaired) electrons. The van der Waals surface area contributed by atoms with Gasteiger partial charge in [-0.2, -0.15) is 0 Å². The van der Waals surface area contributed by atoms with E-state index in [4.69, 9.17) is 5.11 Å². The lowest BCUT2D eigenvalue weighted by atomic mass is 9.99. The van der Waals surface area contributed by atoms with E-state index >= 15 is 0 Å². The van der Waals surface area contributed by atoms with Crippen LogP contribution in [-0.2, 0) is 4.79 Å². The molecule has 19 heavy (non-hydrogen) atoms. The van der Waals surface area contributed by atoms with Gasteiger partial charge in [-0.25, -0.2) is 4.39 Å². The second kappa shape index (κ2) is 4.83. The number of hydrogen-bond donors (Lipinski definition) is 1. The molecule has 0 unspecified atom stereocenters. The van der Waals surface area contributed by atoms with Crippen molar-refractivity contribution in [2.75, 3.05) is 18.0 Å². The van der Waals surface area contributed by atoms with E-state index in [1.54, 1.807) is 11.8 Å². The molecule has 1 fully saturated rings. The number of hydrogen-bond acceptors (Lipinski definition) is 4. The maximum Gasteiger partial charge on any atom is 0.308 e. The van der Waals surface area contributed by atoms with Crippen molar-refractivity contribution < 1.29 is 19.2 Å². The van der Waals surface area contributed by atoms with Crippen LogP contribution in [0, 0.1) is 27.8 Å². The van der Waals surface area contributed by atoms with Crippen molar-refractivity contribution in [2.45, 2.75) is 6.92 Å². The van der Waals surface area contributed by atoms with Crippen molar-refractivity contribution >= 4 is 17.3 Å². The van der Waals surface area contributed by atoms with E-state index in [2.05, 4.69) is 0 Å². The van der Waals surface area contributed by atoms with Crippen LogP contribution in [0.1, 0.15) is 6.92 Å². The molecule has 2 rings (SSSR count). The Kier molecular flexibility index (Phi) is 3.37. The van der Waals surface area contributed by atoms with Crippen LogP contribution in [0.5, 0.6) is 0 Å². The van der Waals surface area contributed by atoms with Crippen molar-refractivity contribution in [3.8, 4) is 0 Å². The third-order valence-electron chi connectivity index (χ3n) is 3.37. The number of aliphatic carboxylic acids is 1. The molecule has 0 aliphatic carbocycles. The van der Waals surface area contributed by atoms with E-state index in [-0.39, 0.29) is 18.2 Å². The fraction of sp³-hybridized carbons (Fsp3) is 0.417. The Balaban J connectivity index is 2.28. The summed E-state index contributed by atoms with van der Waals surface area (Å²) in [5.41, 5.74) is 0.0173. The number of carbonyl (C=O) groups is 1. The SMILES string of the molecule is C[C@@H]1CN(c2cc(F)cc([N+](=O)[O-])c2)C[C@H]1C(=O)O. The summed E-state index contributed by atoms with van der Waals surface area (Å²) in [5, 5.41) is 19.7. The molecule has 1 aromatic carbocycles. The first-order valence-corrected chi connectivity index (χ1v) is 5.81. The molecule has 1 N–H and O–H groups in total. The molecule has 0 aromatic heterocycles.